The molecule has 0 saturated carbocycles. The molecule has 0 N–H and O–H groups in total. The highest BCUT2D eigenvalue weighted by Crippen LogP contribution is 2.57. The second-order valence-corrected chi connectivity index (χ2v) is 18.3. The second kappa shape index (κ2) is 16.0. The fourth-order valence-electron chi connectivity index (χ4n) is 11.4. The zero-order chi connectivity index (χ0) is 46.2. The lowest BCUT2D eigenvalue weighted by Crippen LogP contribution is -2.28. The van der Waals surface area contributed by atoms with Crippen molar-refractivity contribution in [3.05, 3.63) is 283 Å². The minimum absolute atomic E-state index is 0.479. The van der Waals surface area contributed by atoms with Crippen molar-refractivity contribution in [3.63, 3.8) is 0 Å². The molecule has 0 radical (unpaired) electrons. The monoisotopic (exact) mass is 893 g/mol. The van der Waals surface area contributed by atoms with Gasteiger partial charge in [0.15, 0.2) is 0 Å². The lowest BCUT2D eigenvalue weighted by atomic mass is 9.68. The maximum Gasteiger partial charge on any atom is 0.143 e. The summed E-state index contributed by atoms with van der Waals surface area (Å²) in [4.78, 5) is 2.39. The van der Waals surface area contributed by atoms with Gasteiger partial charge in [-0.25, -0.2) is 0 Å². The lowest BCUT2D eigenvalue weighted by molar-refractivity contribution is 0.669. The van der Waals surface area contributed by atoms with Crippen LogP contribution >= 0.6 is 0 Å². The molecule has 11 aromatic carbocycles. The Bertz CT molecular complexity index is 4050. The molecule has 0 amide bonds. The largest absolute Gasteiger partial charge is 0.455 e. The maximum atomic E-state index is 6.50. The molecule has 2 aromatic heterocycles. The number of para-hydroxylation sites is 4. The first kappa shape index (κ1) is 39.9. The van der Waals surface area contributed by atoms with E-state index in [1.807, 2.05) is 24.3 Å². The van der Waals surface area contributed by atoms with Crippen LogP contribution in [0.4, 0.5) is 17.1 Å². The first-order chi connectivity index (χ1) is 34.7. The molecule has 328 valence electrons. The van der Waals surface area contributed by atoms with E-state index >= 15 is 0 Å². The molecule has 3 heteroatoms. The molecule has 0 bridgehead atoms. The van der Waals surface area contributed by atoms with Crippen LogP contribution in [-0.4, -0.2) is 0 Å². The van der Waals surface area contributed by atoms with Gasteiger partial charge in [-0.3, -0.25) is 0 Å². The fourth-order valence-corrected chi connectivity index (χ4v) is 11.4. The van der Waals surface area contributed by atoms with Gasteiger partial charge in [-0.05, 0) is 104 Å². The van der Waals surface area contributed by atoms with Crippen molar-refractivity contribution in [1.29, 1.82) is 0 Å². The van der Waals surface area contributed by atoms with Gasteiger partial charge in [-0.15, -0.1) is 0 Å². The van der Waals surface area contributed by atoms with Crippen LogP contribution in [0, 0.1) is 0 Å². The Balaban J connectivity index is 0.883. The van der Waals surface area contributed by atoms with Crippen LogP contribution in [0.15, 0.2) is 270 Å². The predicted molar refractivity (Wildman–Crippen MR) is 289 cm³/mol. The highest BCUT2D eigenvalue weighted by atomic mass is 16.3. The normalized spacial score (nSPS) is 12.7. The highest BCUT2D eigenvalue weighted by Gasteiger charge is 2.46. The van der Waals surface area contributed by atoms with Crippen molar-refractivity contribution < 1.29 is 8.83 Å². The molecule has 0 saturated heterocycles. The summed E-state index contributed by atoms with van der Waals surface area (Å²) in [6.07, 6.45) is 0. The number of fused-ring (bicyclic) bond motifs is 9. The molecule has 3 nitrogen and oxygen atoms in total. The molecule has 1 aliphatic rings. The molecule has 0 spiro atoms. The van der Waals surface area contributed by atoms with Crippen LogP contribution in [-0.2, 0) is 5.41 Å². The smallest absolute Gasteiger partial charge is 0.143 e. The molecule has 1 aliphatic carbocycles. The zero-order valence-electron chi connectivity index (χ0n) is 38.1. The van der Waals surface area contributed by atoms with Gasteiger partial charge in [0, 0.05) is 49.7 Å². The molecule has 0 unspecified atom stereocenters. The number of benzene rings is 11. The van der Waals surface area contributed by atoms with Gasteiger partial charge >= 0.3 is 0 Å². The minimum atomic E-state index is -0.479. The number of hydrogen-bond donors (Lipinski definition) is 0. The number of furan rings is 2. The molecule has 14 rings (SSSR count). The third kappa shape index (κ3) is 6.15. The van der Waals surface area contributed by atoms with Gasteiger partial charge in [-0.2, -0.15) is 0 Å². The first-order valence-electron chi connectivity index (χ1n) is 24.0. The van der Waals surface area contributed by atoms with Crippen molar-refractivity contribution in [3.8, 4) is 44.5 Å². The molecular formula is C67H43NO2. The summed E-state index contributed by atoms with van der Waals surface area (Å²) in [7, 11) is 0. The SMILES string of the molecule is c1ccc(C2(c3ccccc3)c3ccccc3-c3cc(N(c4ccc(-c5ccc(-c6cccc7c6oc6ccccc67)cc5)cc4)c4ccc(-c5cccc6c5oc5ccccc56)cc4)ccc32)cc1. The first-order valence-corrected chi connectivity index (χ1v) is 24.0. The lowest BCUT2D eigenvalue weighted by Gasteiger charge is -2.34. The molecule has 70 heavy (non-hydrogen) atoms. The molecule has 13 aromatic rings. The molecule has 0 aliphatic heterocycles. The fraction of sp³-hybridized carbons (Fsp3) is 0.0149. The van der Waals surface area contributed by atoms with Crippen LogP contribution in [0.3, 0.4) is 0 Å². The van der Waals surface area contributed by atoms with E-state index in [1.165, 1.54) is 33.4 Å². The Morgan fingerprint density at radius 3 is 1.23 bits per heavy atom. The topological polar surface area (TPSA) is 29.5 Å². The number of rotatable bonds is 8. The number of anilines is 3. The van der Waals surface area contributed by atoms with Gasteiger partial charge in [-0.1, -0.05) is 212 Å². The van der Waals surface area contributed by atoms with E-state index in [4.69, 9.17) is 8.83 Å². The second-order valence-electron chi connectivity index (χ2n) is 18.3. The number of nitrogens with zero attached hydrogens (tertiary/aromatic N) is 1. The van der Waals surface area contributed by atoms with E-state index in [-0.39, 0.29) is 0 Å². The molecule has 2 heterocycles. The summed E-state index contributed by atoms with van der Waals surface area (Å²) in [5.41, 5.74) is 20.6. The summed E-state index contributed by atoms with van der Waals surface area (Å²) in [6, 6.07) is 94.2. The Kier molecular flexibility index (Phi) is 9.11. The summed E-state index contributed by atoms with van der Waals surface area (Å²) in [5.74, 6) is 0. The summed E-state index contributed by atoms with van der Waals surface area (Å²) >= 11 is 0. The average Bonchev–Trinajstić information content (AvgIpc) is 4.11. The van der Waals surface area contributed by atoms with Gasteiger partial charge < -0.3 is 13.7 Å². The van der Waals surface area contributed by atoms with Gasteiger partial charge in [0.1, 0.15) is 22.3 Å². The van der Waals surface area contributed by atoms with Gasteiger partial charge in [0.25, 0.3) is 0 Å². The Morgan fingerprint density at radius 2 is 0.671 bits per heavy atom. The average molecular weight is 894 g/mol. The summed E-state index contributed by atoms with van der Waals surface area (Å²) < 4.78 is 12.9. The van der Waals surface area contributed by atoms with E-state index in [0.717, 1.165) is 94.3 Å². The van der Waals surface area contributed by atoms with Crippen LogP contribution in [0.1, 0.15) is 22.3 Å². The van der Waals surface area contributed by atoms with E-state index in [9.17, 15) is 0 Å². The minimum Gasteiger partial charge on any atom is -0.455 e. The summed E-state index contributed by atoms with van der Waals surface area (Å²) in [6.45, 7) is 0. The van der Waals surface area contributed by atoms with Gasteiger partial charge in [0.05, 0.1) is 5.41 Å². The van der Waals surface area contributed by atoms with Crippen LogP contribution in [0.25, 0.3) is 88.4 Å². The van der Waals surface area contributed by atoms with Crippen molar-refractivity contribution in [2.45, 2.75) is 5.41 Å². The van der Waals surface area contributed by atoms with Crippen molar-refractivity contribution in [2.75, 3.05) is 4.90 Å². The Hall–Kier alpha value is -9.18. The maximum absolute atomic E-state index is 6.50. The van der Waals surface area contributed by atoms with Gasteiger partial charge in [0.2, 0.25) is 0 Å². The number of hydrogen-bond acceptors (Lipinski definition) is 3. The van der Waals surface area contributed by atoms with Crippen molar-refractivity contribution in [2.24, 2.45) is 0 Å². The van der Waals surface area contributed by atoms with E-state index in [1.54, 1.807) is 0 Å². The quantitative estimate of drug-likeness (QED) is 0.152. The standard InChI is InChI=1S/C67H43NO2/c1-3-15-48(16-4-1)67(49-17-5-2-6-18-49)61-26-10-7-19-55(61)60-43-52(41-42-62(60)67)68(51-39-35-47(36-40-51)54-23-14-25-59-57-21-9-12-28-64(57)70-66(54)59)50-37-33-45(34-38-50)44-29-31-46(32-30-44)53-22-13-24-58-56-20-8-11-27-63(56)69-65(53)58/h1-43H. The zero-order valence-corrected chi connectivity index (χ0v) is 38.1. The molecular weight excluding hydrogens is 851 g/mol. The van der Waals surface area contributed by atoms with E-state index in [0.29, 0.717) is 0 Å². The van der Waals surface area contributed by atoms with Crippen LogP contribution in [0.2, 0.25) is 0 Å². The van der Waals surface area contributed by atoms with Crippen molar-refractivity contribution in [1.82, 2.24) is 0 Å². The van der Waals surface area contributed by atoms with E-state index < -0.39 is 5.41 Å². The summed E-state index contributed by atoms with van der Waals surface area (Å²) in [5, 5.41) is 4.52. The third-order valence-electron chi connectivity index (χ3n) is 14.6. The van der Waals surface area contributed by atoms with Crippen LogP contribution in [0.5, 0.6) is 0 Å². The predicted octanol–water partition coefficient (Wildman–Crippen LogP) is 18.3. The molecule has 0 fully saturated rings. The third-order valence-corrected chi connectivity index (χ3v) is 14.6. The molecule has 0 atom stereocenters. The highest BCUT2D eigenvalue weighted by molar-refractivity contribution is 6.10. The van der Waals surface area contributed by atoms with E-state index in [2.05, 4.69) is 241 Å². The Morgan fingerprint density at radius 1 is 0.271 bits per heavy atom. The van der Waals surface area contributed by atoms with Crippen molar-refractivity contribution >= 4 is 60.9 Å². The van der Waals surface area contributed by atoms with Crippen LogP contribution < -0.4 is 4.90 Å². The Labute approximate surface area is 405 Å².